The summed E-state index contributed by atoms with van der Waals surface area (Å²) in [6.07, 6.45) is 2.85. The van der Waals surface area contributed by atoms with Gasteiger partial charge in [0, 0.05) is 69.1 Å². The Kier molecular flexibility index (Phi) is 6.91. The van der Waals surface area contributed by atoms with Crippen LogP contribution < -0.4 is 47.9 Å². The van der Waals surface area contributed by atoms with Crippen LogP contribution in [0.5, 0.6) is 0 Å². The summed E-state index contributed by atoms with van der Waals surface area (Å²) in [5.41, 5.74) is 25.7. The van der Waals surface area contributed by atoms with Gasteiger partial charge in [0.15, 0.2) is 0 Å². The van der Waals surface area contributed by atoms with Crippen molar-refractivity contribution in [3.8, 4) is 0 Å². The van der Waals surface area contributed by atoms with Crippen molar-refractivity contribution in [2.45, 2.75) is 55.4 Å². The average Bonchev–Trinajstić information content (AvgIpc) is 3.23. The van der Waals surface area contributed by atoms with E-state index in [4.69, 9.17) is 37.9 Å². The largest absolute Gasteiger partial charge is 0.340 e. The zero-order chi connectivity index (χ0) is 27.1. The fraction of sp³-hybridized carbons (Fsp3) is 0.615. The van der Waals surface area contributed by atoms with Gasteiger partial charge < -0.3 is 47.9 Å². The van der Waals surface area contributed by atoms with Gasteiger partial charge >= 0.3 is 0 Å². The van der Waals surface area contributed by atoms with Gasteiger partial charge in [0.25, 0.3) is 0 Å². The number of anilines is 4. The molecule has 0 radical (unpaired) electrons. The van der Waals surface area contributed by atoms with Crippen LogP contribution >= 0.6 is 0 Å². The molecule has 1 aromatic carbocycles. The van der Waals surface area contributed by atoms with E-state index in [9.17, 15) is 4.79 Å². The molecule has 1 aromatic heterocycles. The molecule has 0 saturated carbocycles. The van der Waals surface area contributed by atoms with Crippen molar-refractivity contribution in [2.75, 3.05) is 65.5 Å². The van der Waals surface area contributed by atoms with E-state index >= 15 is 0 Å². The van der Waals surface area contributed by atoms with E-state index in [-0.39, 0.29) is 30.1 Å². The fourth-order valence-corrected chi connectivity index (χ4v) is 6.56. The lowest BCUT2D eigenvalue weighted by atomic mass is 9.85. The van der Waals surface area contributed by atoms with Crippen LogP contribution in [0, 0.1) is 0 Å². The average molecular weight is 537 g/mol. The molecule has 4 aliphatic rings. The number of carbonyl (C=O) groups is 1. The first-order valence-electron chi connectivity index (χ1n) is 13.9. The van der Waals surface area contributed by atoms with Crippen LogP contribution in [0.2, 0.25) is 0 Å². The highest BCUT2D eigenvalue weighted by atomic mass is 16.2. The minimum Gasteiger partial charge on any atom is -0.340 e. The lowest BCUT2D eigenvalue weighted by Crippen LogP contribution is -2.57. The summed E-state index contributed by atoms with van der Waals surface area (Å²) >= 11 is 0. The maximum atomic E-state index is 13.1. The molecule has 4 atom stereocenters. The van der Waals surface area contributed by atoms with Crippen molar-refractivity contribution in [1.29, 1.82) is 0 Å². The topological polar surface area (TPSA) is 185 Å². The SMILES string of the molecule is N[C@@H]1C[C@H](N)CN(c2nc(N3CCC4(CC3)C(=O)NCN4c3ccccc3)nc(N3C[C@H](N)C[C@H](N)C3)n2)C1. The van der Waals surface area contributed by atoms with E-state index in [1.54, 1.807) is 0 Å². The van der Waals surface area contributed by atoms with Gasteiger partial charge in [0.05, 0.1) is 6.67 Å². The van der Waals surface area contributed by atoms with Gasteiger partial charge in [-0.2, -0.15) is 15.0 Å². The van der Waals surface area contributed by atoms with Crippen molar-refractivity contribution < 1.29 is 4.79 Å². The molecule has 2 aromatic rings. The molecule has 9 N–H and O–H groups in total. The quantitative estimate of drug-likeness (QED) is 0.306. The smallest absolute Gasteiger partial charge is 0.247 e. The van der Waals surface area contributed by atoms with Crippen LogP contribution in [0.4, 0.5) is 23.5 Å². The second kappa shape index (κ2) is 10.4. The number of nitrogens with two attached hydrogens (primary N) is 4. The maximum Gasteiger partial charge on any atom is 0.247 e. The number of benzene rings is 1. The van der Waals surface area contributed by atoms with Crippen LogP contribution in [-0.4, -0.2) is 96.5 Å². The number of rotatable bonds is 4. The fourth-order valence-electron chi connectivity index (χ4n) is 6.56. The molecule has 1 spiro atoms. The van der Waals surface area contributed by atoms with Crippen molar-refractivity contribution in [2.24, 2.45) is 22.9 Å². The minimum absolute atomic E-state index is 0.0473. The van der Waals surface area contributed by atoms with Gasteiger partial charge in [0.1, 0.15) is 5.54 Å². The molecule has 0 bridgehead atoms. The third-order valence-electron chi connectivity index (χ3n) is 8.47. The number of hydrogen-bond acceptors (Lipinski definition) is 12. The number of amides is 1. The number of nitrogens with one attached hydrogen (secondary N) is 1. The monoisotopic (exact) mass is 536 g/mol. The molecule has 5 heterocycles. The van der Waals surface area contributed by atoms with Gasteiger partial charge in [-0.25, -0.2) is 0 Å². The normalized spacial score (nSPS) is 29.2. The van der Waals surface area contributed by atoms with Gasteiger partial charge in [0.2, 0.25) is 23.8 Å². The Morgan fingerprint density at radius 3 is 1.67 bits per heavy atom. The van der Waals surface area contributed by atoms with Crippen LogP contribution in [0.15, 0.2) is 30.3 Å². The third kappa shape index (κ3) is 5.07. The number of carbonyl (C=O) groups excluding carboxylic acids is 1. The Morgan fingerprint density at radius 1 is 0.718 bits per heavy atom. The van der Waals surface area contributed by atoms with Crippen LogP contribution in [0.25, 0.3) is 0 Å². The predicted octanol–water partition coefficient (Wildman–Crippen LogP) is -1.47. The summed E-state index contributed by atoms with van der Waals surface area (Å²) in [4.78, 5) is 36.3. The molecule has 4 fully saturated rings. The van der Waals surface area contributed by atoms with Crippen LogP contribution in [0.1, 0.15) is 25.7 Å². The molecule has 13 nitrogen and oxygen atoms in total. The third-order valence-corrected chi connectivity index (χ3v) is 8.47. The first-order chi connectivity index (χ1) is 18.8. The maximum absolute atomic E-state index is 13.1. The van der Waals surface area contributed by atoms with E-state index in [1.807, 2.05) is 18.2 Å². The Morgan fingerprint density at radius 2 is 1.18 bits per heavy atom. The number of para-hydroxylation sites is 1. The van der Waals surface area contributed by atoms with Crippen LogP contribution in [-0.2, 0) is 4.79 Å². The van der Waals surface area contributed by atoms with Crippen molar-refractivity contribution in [3.05, 3.63) is 30.3 Å². The molecule has 6 rings (SSSR count). The van der Waals surface area contributed by atoms with Crippen molar-refractivity contribution in [3.63, 3.8) is 0 Å². The molecule has 1 amide bonds. The lowest BCUT2D eigenvalue weighted by Gasteiger charge is -2.43. The summed E-state index contributed by atoms with van der Waals surface area (Å²) in [5.74, 6) is 1.81. The summed E-state index contributed by atoms with van der Waals surface area (Å²) in [5, 5.41) is 3.07. The van der Waals surface area contributed by atoms with Gasteiger partial charge in [-0.15, -0.1) is 0 Å². The zero-order valence-electron chi connectivity index (χ0n) is 22.3. The molecular weight excluding hydrogens is 496 g/mol. The van der Waals surface area contributed by atoms with E-state index in [0.29, 0.717) is 76.6 Å². The summed E-state index contributed by atoms with van der Waals surface area (Å²) in [7, 11) is 0. The molecule has 0 aliphatic carbocycles. The standard InChI is InChI=1S/C26H40N12O/c27-17-10-18(28)13-36(12-17)24-32-23(33-25(34-24)37-14-19(29)11-20(30)15-37)35-8-6-26(7-9-35)22(39)31-16-38(26)21-4-2-1-3-5-21/h1-5,17-20H,6-16,27-30H2,(H,31,39)/t17-,18+,19-,20+. The first kappa shape index (κ1) is 26.0. The van der Waals surface area contributed by atoms with Gasteiger partial charge in [-0.3, -0.25) is 4.79 Å². The molecular formula is C26H40N12O. The highest BCUT2D eigenvalue weighted by Crippen LogP contribution is 2.37. The van der Waals surface area contributed by atoms with Crippen molar-refractivity contribution >= 4 is 29.4 Å². The van der Waals surface area contributed by atoms with Crippen molar-refractivity contribution in [1.82, 2.24) is 20.3 Å². The second-order valence-corrected chi connectivity index (χ2v) is 11.5. The van der Waals surface area contributed by atoms with Gasteiger partial charge in [-0.05, 0) is 37.8 Å². The molecule has 4 saturated heterocycles. The van der Waals surface area contributed by atoms with E-state index in [0.717, 1.165) is 18.5 Å². The number of hydrogen-bond donors (Lipinski definition) is 5. The number of aromatic nitrogens is 3. The number of piperidine rings is 3. The molecule has 210 valence electrons. The number of nitrogens with zero attached hydrogens (tertiary/aromatic N) is 7. The Labute approximate surface area is 228 Å². The second-order valence-electron chi connectivity index (χ2n) is 11.5. The molecule has 13 heteroatoms. The highest BCUT2D eigenvalue weighted by molar-refractivity contribution is 5.93. The molecule has 4 aliphatic heterocycles. The lowest BCUT2D eigenvalue weighted by molar-refractivity contribution is -0.124. The van der Waals surface area contributed by atoms with Crippen LogP contribution in [0.3, 0.4) is 0 Å². The summed E-state index contributed by atoms with van der Waals surface area (Å²) in [6, 6.07) is 9.93. The minimum atomic E-state index is -0.588. The Balaban J connectivity index is 1.28. The first-order valence-corrected chi connectivity index (χ1v) is 13.9. The Bertz CT molecular complexity index is 1110. The summed E-state index contributed by atoms with van der Waals surface area (Å²) in [6.45, 7) is 4.30. The Hall–Kier alpha value is -3.26. The van der Waals surface area contributed by atoms with E-state index in [1.165, 1.54) is 0 Å². The van der Waals surface area contributed by atoms with Gasteiger partial charge in [-0.1, -0.05) is 18.2 Å². The summed E-state index contributed by atoms with van der Waals surface area (Å²) < 4.78 is 0. The predicted molar refractivity (Wildman–Crippen MR) is 151 cm³/mol. The molecule has 39 heavy (non-hydrogen) atoms. The highest BCUT2D eigenvalue weighted by Gasteiger charge is 2.50. The van der Waals surface area contributed by atoms with E-state index < -0.39 is 5.54 Å². The molecule has 0 unspecified atom stereocenters. The zero-order valence-corrected chi connectivity index (χ0v) is 22.3. The van der Waals surface area contributed by atoms with E-state index in [2.05, 4.69) is 37.0 Å².